The lowest BCUT2D eigenvalue weighted by Crippen LogP contribution is -2.49. The number of aromatic nitrogens is 2. The van der Waals surface area contributed by atoms with E-state index in [4.69, 9.17) is 9.72 Å². The van der Waals surface area contributed by atoms with E-state index in [1.165, 1.54) is 17.7 Å². The molecule has 1 unspecified atom stereocenters. The van der Waals surface area contributed by atoms with Crippen LogP contribution >= 0.6 is 0 Å². The molecule has 4 aromatic rings. The first-order chi connectivity index (χ1) is 20.3. The molecule has 1 atom stereocenters. The largest absolute Gasteiger partial charge is 0.471 e. The maximum atomic E-state index is 13.6. The van der Waals surface area contributed by atoms with Crippen LogP contribution in [0, 0.1) is 20.8 Å². The smallest absolute Gasteiger partial charge is 0.254 e. The van der Waals surface area contributed by atoms with E-state index in [1.54, 1.807) is 17.0 Å². The van der Waals surface area contributed by atoms with Crippen molar-refractivity contribution in [3.05, 3.63) is 107 Å². The molecular formula is C33H36N4O4S. The molecule has 0 bridgehead atoms. The molecule has 1 saturated heterocycles. The summed E-state index contributed by atoms with van der Waals surface area (Å²) in [6.45, 7) is 8.98. The molecule has 1 aromatic heterocycles. The number of thiol groups is 1. The SMILES string of the molecule is Cc1nc(OC2CN(Cc3ccccc3)CCCN(C(=O)c3cccc([SH](=O)=O)c3)C2)cc(-c2c(C)cccc2C)n1. The molecule has 1 fully saturated rings. The van der Waals surface area contributed by atoms with Gasteiger partial charge in [-0.2, -0.15) is 4.98 Å². The minimum absolute atomic E-state index is 0.125. The molecule has 1 aliphatic heterocycles. The fourth-order valence-electron chi connectivity index (χ4n) is 5.56. The van der Waals surface area contributed by atoms with Gasteiger partial charge in [0, 0.05) is 43.4 Å². The highest BCUT2D eigenvalue weighted by Crippen LogP contribution is 2.28. The van der Waals surface area contributed by atoms with Crippen LogP contribution in [0.5, 0.6) is 5.88 Å². The number of benzene rings is 3. The zero-order valence-corrected chi connectivity index (χ0v) is 25.1. The van der Waals surface area contributed by atoms with Crippen LogP contribution < -0.4 is 4.74 Å². The minimum Gasteiger partial charge on any atom is -0.471 e. The molecular weight excluding hydrogens is 548 g/mol. The summed E-state index contributed by atoms with van der Waals surface area (Å²) in [5, 5.41) is 0. The van der Waals surface area contributed by atoms with Gasteiger partial charge in [-0.25, -0.2) is 13.4 Å². The van der Waals surface area contributed by atoms with Crippen LogP contribution in [0.25, 0.3) is 11.3 Å². The molecule has 9 heteroatoms. The van der Waals surface area contributed by atoms with E-state index in [-0.39, 0.29) is 16.9 Å². The van der Waals surface area contributed by atoms with Crippen LogP contribution in [0.1, 0.15) is 39.3 Å². The summed E-state index contributed by atoms with van der Waals surface area (Å²) in [4.78, 5) is 27.2. The van der Waals surface area contributed by atoms with Gasteiger partial charge in [0.1, 0.15) is 11.9 Å². The molecule has 0 spiro atoms. The molecule has 42 heavy (non-hydrogen) atoms. The number of aryl methyl sites for hydroxylation is 3. The maximum absolute atomic E-state index is 13.6. The van der Waals surface area contributed by atoms with Gasteiger partial charge < -0.3 is 9.64 Å². The molecule has 3 aromatic carbocycles. The molecule has 1 aliphatic rings. The predicted octanol–water partition coefficient (Wildman–Crippen LogP) is 4.83. The van der Waals surface area contributed by atoms with Gasteiger partial charge in [-0.1, -0.05) is 54.6 Å². The molecule has 0 aliphatic carbocycles. The Balaban J connectivity index is 1.44. The van der Waals surface area contributed by atoms with Crippen molar-refractivity contribution in [2.75, 3.05) is 26.2 Å². The monoisotopic (exact) mass is 584 g/mol. The zero-order chi connectivity index (χ0) is 29.6. The van der Waals surface area contributed by atoms with Crippen molar-refractivity contribution in [1.29, 1.82) is 0 Å². The van der Waals surface area contributed by atoms with E-state index in [1.807, 2.05) is 37.3 Å². The summed E-state index contributed by atoms with van der Waals surface area (Å²) in [7, 11) is -2.78. The van der Waals surface area contributed by atoms with Crippen molar-refractivity contribution >= 4 is 16.6 Å². The summed E-state index contributed by atoms with van der Waals surface area (Å²) < 4.78 is 29.7. The van der Waals surface area contributed by atoms with E-state index in [9.17, 15) is 13.2 Å². The Bertz CT molecular complexity index is 1610. The quantitative estimate of drug-likeness (QED) is 0.311. The predicted molar refractivity (Wildman–Crippen MR) is 163 cm³/mol. The van der Waals surface area contributed by atoms with Crippen LogP contribution in [0.3, 0.4) is 0 Å². The summed E-state index contributed by atoms with van der Waals surface area (Å²) in [6.07, 6.45) is 0.404. The van der Waals surface area contributed by atoms with Gasteiger partial charge in [0.25, 0.3) is 5.91 Å². The Labute approximate surface area is 249 Å². The lowest BCUT2D eigenvalue weighted by molar-refractivity contribution is 0.0471. The van der Waals surface area contributed by atoms with Crippen LogP contribution in [-0.4, -0.2) is 66.4 Å². The first-order valence-corrected chi connectivity index (χ1v) is 15.3. The average Bonchev–Trinajstić information content (AvgIpc) is 2.95. The summed E-state index contributed by atoms with van der Waals surface area (Å²) in [6, 6.07) is 24.6. The number of carbonyl (C=O) groups is 1. The molecule has 1 amide bonds. The second kappa shape index (κ2) is 13.3. The van der Waals surface area contributed by atoms with Gasteiger partial charge in [0.15, 0.2) is 10.7 Å². The number of hydrogen-bond donors (Lipinski definition) is 1. The molecule has 0 saturated carbocycles. The van der Waals surface area contributed by atoms with Crippen LogP contribution in [0.15, 0.2) is 83.8 Å². The van der Waals surface area contributed by atoms with Crippen LogP contribution in [-0.2, 0) is 17.2 Å². The Morgan fingerprint density at radius 2 is 1.62 bits per heavy atom. The fraction of sp³-hybridized carbons (Fsp3) is 0.303. The van der Waals surface area contributed by atoms with E-state index in [0.29, 0.717) is 36.9 Å². The summed E-state index contributed by atoms with van der Waals surface area (Å²) in [5.41, 5.74) is 5.67. The second-order valence-corrected chi connectivity index (χ2v) is 11.8. The number of hydrogen-bond acceptors (Lipinski definition) is 7. The number of nitrogens with zero attached hydrogens (tertiary/aromatic N) is 4. The van der Waals surface area contributed by atoms with Crippen molar-refractivity contribution in [2.24, 2.45) is 0 Å². The van der Waals surface area contributed by atoms with Crippen LogP contribution in [0.2, 0.25) is 0 Å². The molecule has 5 rings (SSSR count). The molecule has 2 heterocycles. The van der Waals surface area contributed by atoms with Gasteiger partial charge in [-0.3, -0.25) is 9.69 Å². The number of carbonyl (C=O) groups excluding carboxylic acids is 1. The van der Waals surface area contributed by atoms with Crippen molar-refractivity contribution in [3.8, 4) is 17.1 Å². The van der Waals surface area contributed by atoms with E-state index < -0.39 is 10.7 Å². The number of amides is 1. The molecule has 0 radical (unpaired) electrons. The molecule has 8 nitrogen and oxygen atoms in total. The highest BCUT2D eigenvalue weighted by atomic mass is 32.2. The zero-order valence-electron chi connectivity index (χ0n) is 24.2. The van der Waals surface area contributed by atoms with Gasteiger partial charge in [-0.05, 0) is 62.1 Å². The first-order valence-electron chi connectivity index (χ1n) is 14.2. The Morgan fingerprint density at radius 1 is 0.881 bits per heavy atom. The third-order valence-electron chi connectivity index (χ3n) is 7.47. The normalized spacial score (nSPS) is 16.2. The van der Waals surface area contributed by atoms with E-state index >= 15 is 0 Å². The van der Waals surface area contributed by atoms with Crippen molar-refractivity contribution < 1.29 is 17.9 Å². The van der Waals surface area contributed by atoms with Crippen LogP contribution in [0.4, 0.5) is 0 Å². The fourth-order valence-corrected chi connectivity index (χ4v) is 6.01. The van der Waals surface area contributed by atoms with Gasteiger partial charge in [0.2, 0.25) is 5.88 Å². The lowest BCUT2D eigenvalue weighted by atomic mass is 10.00. The average molecular weight is 585 g/mol. The van der Waals surface area contributed by atoms with Crippen molar-refractivity contribution in [3.63, 3.8) is 0 Å². The molecule has 218 valence electrons. The van der Waals surface area contributed by atoms with E-state index in [2.05, 4.69) is 48.0 Å². The van der Waals surface area contributed by atoms with Crippen molar-refractivity contribution in [1.82, 2.24) is 19.8 Å². The minimum atomic E-state index is -2.78. The Kier molecular flexibility index (Phi) is 9.29. The standard InChI is InChI=1S/C33H36N4O4S/c1-23-10-7-11-24(2)32(23)30-19-31(35-25(3)34-30)41-28-21-36(20-26-12-5-4-6-13-26)16-9-17-37(22-28)33(38)27-14-8-15-29(18-27)42(39)40/h4-8,10-15,18-19,28,42H,9,16-17,20-22H2,1-3H3. The Morgan fingerprint density at radius 3 is 2.36 bits per heavy atom. The van der Waals surface area contributed by atoms with E-state index in [0.717, 1.165) is 41.9 Å². The summed E-state index contributed by atoms with van der Waals surface area (Å²) in [5.74, 6) is 0.852. The highest BCUT2D eigenvalue weighted by molar-refractivity contribution is 7.72. The number of rotatable bonds is 7. The topological polar surface area (TPSA) is 92.7 Å². The Hall–Kier alpha value is -4.08. The van der Waals surface area contributed by atoms with Crippen molar-refractivity contribution in [2.45, 2.75) is 44.7 Å². The maximum Gasteiger partial charge on any atom is 0.254 e. The lowest BCUT2D eigenvalue weighted by Gasteiger charge is -2.35. The first kappa shape index (κ1) is 29.4. The third kappa shape index (κ3) is 7.21. The highest BCUT2D eigenvalue weighted by Gasteiger charge is 2.27. The third-order valence-corrected chi connectivity index (χ3v) is 8.17. The van der Waals surface area contributed by atoms with Gasteiger partial charge in [-0.15, -0.1) is 0 Å². The number of ether oxygens (including phenoxy) is 1. The second-order valence-electron chi connectivity index (χ2n) is 10.8. The molecule has 0 N–H and O–H groups in total. The van der Waals surface area contributed by atoms with Gasteiger partial charge in [0.05, 0.1) is 17.1 Å². The summed E-state index contributed by atoms with van der Waals surface area (Å²) >= 11 is 0. The van der Waals surface area contributed by atoms with Gasteiger partial charge >= 0.3 is 0 Å².